The quantitative estimate of drug-likeness (QED) is 0.499. The highest BCUT2D eigenvalue weighted by Gasteiger charge is 2.20. The van der Waals surface area contributed by atoms with E-state index < -0.39 is 0 Å². The second-order valence-electron chi connectivity index (χ2n) is 4.49. The van der Waals surface area contributed by atoms with E-state index in [2.05, 4.69) is 11.1 Å². The zero-order valence-electron chi connectivity index (χ0n) is 11.0. The number of fused-ring (bicyclic) bond motifs is 1. The smallest absolute Gasteiger partial charge is 0.159 e. The standard InChI is InChI=1S/C15H7ClN4S2/c16-8-3-1-7(2-4-8)11-9(5-17)12(19)10(6-18)13-14(11)22-15(21)20-13/h1-4H,19H2,(H,20,21). The SMILES string of the molecule is N#Cc1c(N)c(C#N)c2[nH]c(=S)sc2c1-c1ccc(Cl)cc1. The molecular formula is C15H7ClN4S2. The third kappa shape index (κ3) is 2.15. The van der Waals surface area contributed by atoms with E-state index in [1.165, 1.54) is 11.3 Å². The lowest BCUT2D eigenvalue weighted by Gasteiger charge is -2.10. The van der Waals surface area contributed by atoms with E-state index in [0.717, 1.165) is 10.3 Å². The van der Waals surface area contributed by atoms with E-state index in [-0.39, 0.29) is 16.8 Å². The molecule has 3 aromatic rings. The fourth-order valence-corrected chi connectivity index (χ4v) is 3.71. The molecule has 0 unspecified atom stereocenters. The van der Waals surface area contributed by atoms with Crippen LogP contribution in [0.5, 0.6) is 0 Å². The number of nitrogens with zero attached hydrogens (tertiary/aromatic N) is 2. The molecule has 0 fully saturated rings. The van der Waals surface area contributed by atoms with E-state index >= 15 is 0 Å². The van der Waals surface area contributed by atoms with Gasteiger partial charge in [-0.1, -0.05) is 23.7 Å². The maximum absolute atomic E-state index is 9.50. The molecule has 1 heterocycles. The van der Waals surface area contributed by atoms with Gasteiger partial charge in [-0.25, -0.2) is 0 Å². The van der Waals surface area contributed by atoms with Crippen LogP contribution < -0.4 is 5.73 Å². The highest BCUT2D eigenvalue weighted by Crippen LogP contribution is 2.40. The minimum Gasteiger partial charge on any atom is -0.396 e. The molecule has 0 aliphatic heterocycles. The summed E-state index contributed by atoms with van der Waals surface area (Å²) >= 11 is 12.4. The summed E-state index contributed by atoms with van der Waals surface area (Å²) in [5.41, 5.74) is 8.74. The van der Waals surface area contributed by atoms with Crippen molar-refractivity contribution in [1.82, 2.24) is 4.98 Å². The normalized spacial score (nSPS) is 10.3. The van der Waals surface area contributed by atoms with Crippen LogP contribution in [-0.4, -0.2) is 4.98 Å². The second-order valence-corrected chi connectivity index (χ2v) is 6.61. The number of hydrogen-bond acceptors (Lipinski definition) is 5. The Hall–Kier alpha value is -2.38. The predicted molar refractivity (Wildman–Crippen MR) is 91.3 cm³/mol. The molecule has 0 amide bonds. The topological polar surface area (TPSA) is 89.4 Å². The highest BCUT2D eigenvalue weighted by atomic mass is 35.5. The third-order valence-corrected chi connectivity index (χ3v) is 4.77. The first-order chi connectivity index (χ1) is 10.6. The summed E-state index contributed by atoms with van der Waals surface area (Å²) in [7, 11) is 0. The zero-order chi connectivity index (χ0) is 15.9. The van der Waals surface area contributed by atoms with Gasteiger partial charge >= 0.3 is 0 Å². The number of nitrogens with two attached hydrogens (primary N) is 1. The molecule has 1 aromatic heterocycles. The van der Waals surface area contributed by atoms with Gasteiger partial charge in [0, 0.05) is 10.6 Å². The summed E-state index contributed by atoms with van der Waals surface area (Å²) in [6.45, 7) is 0. The molecule has 3 rings (SSSR count). The number of aromatic amines is 1. The summed E-state index contributed by atoms with van der Waals surface area (Å²) in [5.74, 6) is 0. The zero-order valence-corrected chi connectivity index (χ0v) is 13.4. The Morgan fingerprint density at radius 2 is 1.77 bits per heavy atom. The molecule has 3 N–H and O–H groups in total. The number of nitrogen functional groups attached to an aromatic ring is 1. The van der Waals surface area contributed by atoms with Crippen LogP contribution in [0, 0.1) is 26.6 Å². The van der Waals surface area contributed by atoms with Crippen molar-refractivity contribution in [2.45, 2.75) is 0 Å². The number of H-pyrrole nitrogens is 1. The number of rotatable bonds is 1. The van der Waals surface area contributed by atoms with Crippen molar-refractivity contribution in [3.8, 4) is 23.3 Å². The molecule has 0 aliphatic rings. The Balaban J connectivity index is 2.54. The van der Waals surface area contributed by atoms with Gasteiger partial charge < -0.3 is 10.7 Å². The molecule has 2 aromatic carbocycles. The summed E-state index contributed by atoms with van der Waals surface area (Å²) in [6, 6.07) is 11.3. The number of halogens is 1. The lowest BCUT2D eigenvalue weighted by Crippen LogP contribution is -1.99. The van der Waals surface area contributed by atoms with Crippen molar-refractivity contribution >= 4 is 51.1 Å². The molecular weight excluding hydrogens is 336 g/mol. The number of benzene rings is 2. The van der Waals surface area contributed by atoms with E-state index in [9.17, 15) is 10.5 Å². The van der Waals surface area contributed by atoms with Crippen molar-refractivity contribution in [1.29, 1.82) is 10.5 Å². The van der Waals surface area contributed by atoms with Crippen molar-refractivity contribution in [3.05, 3.63) is 44.4 Å². The third-order valence-electron chi connectivity index (χ3n) is 3.27. The molecule has 106 valence electrons. The maximum Gasteiger partial charge on any atom is 0.159 e. The molecule has 4 nitrogen and oxygen atoms in total. The molecule has 0 radical (unpaired) electrons. The van der Waals surface area contributed by atoms with Crippen LogP contribution in [-0.2, 0) is 0 Å². The first-order valence-electron chi connectivity index (χ1n) is 6.11. The van der Waals surface area contributed by atoms with Gasteiger partial charge in [0.1, 0.15) is 17.7 Å². The minimum atomic E-state index is 0.159. The number of thiazole rings is 1. The monoisotopic (exact) mass is 342 g/mol. The van der Waals surface area contributed by atoms with Gasteiger partial charge in [0.15, 0.2) is 3.95 Å². The Morgan fingerprint density at radius 3 is 2.36 bits per heavy atom. The Kier molecular flexibility index (Phi) is 3.59. The number of aromatic nitrogens is 1. The lowest BCUT2D eigenvalue weighted by atomic mass is 9.95. The maximum atomic E-state index is 9.50. The van der Waals surface area contributed by atoms with Crippen LogP contribution in [0.2, 0.25) is 5.02 Å². The van der Waals surface area contributed by atoms with Crippen molar-refractivity contribution in [2.75, 3.05) is 5.73 Å². The fraction of sp³-hybridized carbons (Fsp3) is 0. The fourth-order valence-electron chi connectivity index (χ4n) is 2.31. The first kappa shape index (κ1) is 14.6. The number of anilines is 1. The summed E-state index contributed by atoms with van der Waals surface area (Å²) in [6.07, 6.45) is 0. The van der Waals surface area contributed by atoms with Crippen molar-refractivity contribution < 1.29 is 0 Å². The lowest BCUT2D eigenvalue weighted by molar-refractivity contribution is 1.42. The molecule has 0 aliphatic carbocycles. The van der Waals surface area contributed by atoms with Crippen LogP contribution in [0.1, 0.15) is 11.1 Å². The van der Waals surface area contributed by atoms with Crippen molar-refractivity contribution in [2.24, 2.45) is 0 Å². The summed E-state index contributed by atoms with van der Waals surface area (Å²) < 4.78 is 1.27. The molecule has 22 heavy (non-hydrogen) atoms. The van der Waals surface area contributed by atoms with Gasteiger partial charge in [-0.05, 0) is 29.9 Å². The van der Waals surface area contributed by atoms with Crippen LogP contribution in [0.4, 0.5) is 5.69 Å². The van der Waals surface area contributed by atoms with Crippen LogP contribution in [0.15, 0.2) is 24.3 Å². The molecule has 0 spiro atoms. The van der Waals surface area contributed by atoms with Gasteiger partial charge in [-0.15, -0.1) is 11.3 Å². The predicted octanol–water partition coefficient (Wildman–Crippen LogP) is 4.60. The van der Waals surface area contributed by atoms with E-state index in [1.807, 2.05) is 18.2 Å². The molecule has 0 bridgehead atoms. The first-order valence-corrected chi connectivity index (χ1v) is 7.71. The average Bonchev–Trinajstić information content (AvgIpc) is 2.88. The highest BCUT2D eigenvalue weighted by molar-refractivity contribution is 7.73. The van der Waals surface area contributed by atoms with Gasteiger partial charge in [0.2, 0.25) is 0 Å². The second kappa shape index (κ2) is 5.43. The van der Waals surface area contributed by atoms with Crippen LogP contribution in [0.3, 0.4) is 0 Å². The Morgan fingerprint density at radius 1 is 1.14 bits per heavy atom. The number of hydrogen-bond donors (Lipinski definition) is 2. The van der Waals surface area contributed by atoms with Gasteiger partial charge in [-0.2, -0.15) is 10.5 Å². The van der Waals surface area contributed by atoms with Crippen molar-refractivity contribution in [3.63, 3.8) is 0 Å². The van der Waals surface area contributed by atoms with E-state index in [1.54, 1.807) is 12.1 Å². The molecule has 0 saturated carbocycles. The molecule has 7 heteroatoms. The van der Waals surface area contributed by atoms with E-state index in [0.29, 0.717) is 20.1 Å². The largest absolute Gasteiger partial charge is 0.396 e. The van der Waals surface area contributed by atoms with Crippen LogP contribution in [0.25, 0.3) is 21.3 Å². The van der Waals surface area contributed by atoms with E-state index in [4.69, 9.17) is 29.6 Å². The number of nitriles is 2. The Bertz CT molecular complexity index is 1030. The minimum absolute atomic E-state index is 0.159. The number of nitrogens with one attached hydrogen (secondary N) is 1. The molecule has 0 atom stereocenters. The van der Waals surface area contributed by atoms with Crippen LogP contribution >= 0.6 is 35.2 Å². The molecule has 0 saturated heterocycles. The average molecular weight is 343 g/mol. The summed E-state index contributed by atoms with van der Waals surface area (Å²) in [4.78, 5) is 2.99. The van der Waals surface area contributed by atoms with Gasteiger partial charge in [0.05, 0.1) is 21.5 Å². The Labute approximate surface area is 140 Å². The summed E-state index contributed by atoms with van der Waals surface area (Å²) in [5, 5.41) is 19.4. The van der Waals surface area contributed by atoms with Gasteiger partial charge in [-0.3, -0.25) is 0 Å². The van der Waals surface area contributed by atoms with Gasteiger partial charge in [0.25, 0.3) is 0 Å².